The van der Waals surface area contributed by atoms with Crippen molar-refractivity contribution in [2.24, 2.45) is 0 Å². The monoisotopic (exact) mass is 524 g/mol. The van der Waals surface area contributed by atoms with Crippen LogP contribution >= 0.6 is 23.4 Å². The van der Waals surface area contributed by atoms with Crippen LogP contribution in [0.15, 0.2) is 72.4 Å². The van der Waals surface area contributed by atoms with Gasteiger partial charge in [-0.2, -0.15) is 0 Å². The van der Waals surface area contributed by atoms with Crippen LogP contribution in [-0.4, -0.2) is 23.3 Å². The van der Waals surface area contributed by atoms with E-state index in [-0.39, 0.29) is 17.4 Å². The zero-order valence-electron chi connectivity index (χ0n) is 19.7. The van der Waals surface area contributed by atoms with Crippen molar-refractivity contribution >= 4 is 28.9 Å². The number of thioether (sulfide) groups is 1. The highest BCUT2D eigenvalue weighted by Crippen LogP contribution is 2.42. The number of fused-ring (bicyclic) bond motifs is 1. The van der Waals surface area contributed by atoms with E-state index in [2.05, 4.69) is 6.58 Å². The van der Waals surface area contributed by atoms with E-state index < -0.39 is 6.10 Å². The summed E-state index contributed by atoms with van der Waals surface area (Å²) < 4.78 is 41.9. The van der Waals surface area contributed by atoms with Crippen LogP contribution in [0.1, 0.15) is 34.2 Å². The molecule has 0 saturated heterocycles. The summed E-state index contributed by atoms with van der Waals surface area (Å²) in [5.74, 6) is 0.327. The van der Waals surface area contributed by atoms with E-state index in [0.29, 0.717) is 33.7 Å². The average Bonchev–Trinajstić information content (AvgIpc) is 3.25. The van der Waals surface area contributed by atoms with Gasteiger partial charge in [-0.3, -0.25) is 4.57 Å². The lowest BCUT2D eigenvalue weighted by Crippen LogP contribution is -2.19. The van der Waals surface area contributed by atoms with E-state index in [1.165, 1.54) is 30.0 Å². The third-order valence-electron chi connectivity index (χ3n) is 6.10. The van der Waals surface area contributed by atoms with Crippen molar-refractivity contribution < 1.29 is 18.3 Å². The predicted octanol–water partition coefficient (Wildman–Crippen LogP) is 7.55. The highest BCUT2D eigenvalue weighted by molar-refractivity contribution is 7.98. The fourth-order valence-corrected chi connectivity index (χ4v) is 5.67. The van der Waals surface area contributed by atoms with E-state index in [1.807, 2.05) is 29.7 Å². The van der Waals surface area contributed by atoms with Crippen molar-refractivity contribution in [3.05, 3.63) is 112 Å². The SMILES string of the molecule is C=C1COC(c2ccc(OC)c(C)c2)c2c1nc(SCc1c(F)cccc1Cl)n2-c1ccc(F)cc1. The highest BCUT2D eigenvalue weighted by Gasteiger charge is 2.33. The first-order valence-electron chi connectivity index (χ1n) is 11.3. The number of hydrogen-bond acceptors (Lipinski definition) is 4. The lowest BCUT2D eigenvalue weighted by molar-refractivity contribution is 0.0963. The maximum absolute atomic E-state index is 14.5. The van der Waals surface area contributed by atoms with Crippen molar-refractivity contribution in [3.8, 4) is 11.4 Å². The minimum absolute atomic E-state index is 0.266. The Balaban J connectivity index is 1.65. The molecule has 0 fully saturated rings. The molecular weight excluding hydrogens is 502 g/mol. The van der Waals surface area contributed by atoms with Crippen molar-refractivity contribution in [3.63, 3.8) is 0 Å². The summed E-state index contributed by atoms with van der Waals surface area (Å²) >= 11 is 7.62. The molecule has 0 bridgehead atoms. The Hall–Kier alpha value is -3.13. The second-order valence-electron chi connectivity index (χ2n) is 8.45. The first-order valence-corrected chi connectivity index (χ1v) is 12.6. The number of methoxy groups -OCH3 is 1. The van der Waals surface area contributed by atoms with E-state index >= 15 is 0 Å². The highest BCUT2D eigenvalue weighted by atomic mass is 35.5. The largest absolute Gasteiger partial charge is 0.496 e. The van der Waals surface area contributed by atoms with Gasteiger partial charge in [0.15, 0.2) is 5.16 Å². The molecule has 5 rings (SSSR count). The summed E-state index contributed by atoms with van der Waals surface area (Å²) in [4.78, 5) is 4.90. The van der Waals surface area contributed by atoms with Gasteiger partial charge in [-0.1, -0.05) is 42.1 Å². The summed E-state index contributed by atoms with van der Waals surface area (Å²) in [7, 11) is 1.64. The molecule has 1 atom stereocenters. The Bertz CT molecular complexity index is 1430. The van der Waals surface area contributed by atoms with E-state index in [9.17, 15) is 8.78 Å². The number of nitrogens with zero attached hydrogens (tertiary/aromatic N) is 2. The molecule has 184 valence electrons. The fraction of sp³-hybridized carbons (Fsp3) is 0.179. The molecule has 0 saturated carbocycles. The van der Waals surface area contributed by atoms with Crippen LogP contribution in [0.25, 0.3) is 11.3 Å². The van der Waals surface area contributed by atoms with Crippen LogP contribution in [-0.2, 0) is 10.5 Å². The van der Waals surface area contributed by atoms with Gasteiger partial charge in [-0.25, -0.2) is 13.8 Å². The van der Waals surface area contributed by atoms with Crippen LogP contribution in [0.4, 0.5) is 8.78 Å². The number of aryl methyl sites for hydroxylation is 1. The summed E-state index contributed by atoms with van der Waals surface area (Å²) in [6.45, 7) is 6.45. The van der Waals surface area contributed by atoms with E-state index in [1.54, 1.807) is 31.4 Å². The molecule has 1 aromatic heterocycles. The minimum Gasteiger partial charge on any atom is -0.496 e. The number of hydrogen-bond donors (Lipinski definition) is 0. The smallest absolute Gasteiger partial charge is 0.173 e. The first kappa shape index (κ1) is 24.6. The standard InChI is InChI=1S/C28H23ClF2N2O2S/c1-16-13-18(7-12-24(16)34-3)27-26-25(17(2)14-35-27)32-28(33(26)20-10-8-19(30)9-11-20)36-15-21-22(29)5-4-6-23(21)31/h4-13,27H,2,14-15H2,1,3H3. The van der Waals surface area contributed by atoms with Crippen LogP contribution in [0.5, 0.6) is 5.75 Å². The van der Waals surface area contributed by atoms with Crippen LogP contribution in [0.3, 0.4) is 0 Å². The summed E-state index contributed by atoms with van der Waals surface area (Å²) in [6, 6.07) is 16.7. The van der Waals surface area contributed by atoms with Crippen LogP contribution in [0.2, 0.25) is 5.02 Å². The maximum atomic E-state index is 14.5. The number of aromatic nitrogens is 2. The molecule has 8 heteroatoms. The van der Waals surface area contributed by atoms with Gasteiger partial charge in [0.25, 0.3) is 0 Å². The summed E-state index contributed by atoms with van der Waals surface area (Å²) in [5, 5.41) is 0.958. The van der Waals surface area contributed by atoms with Gasteiger partial charge in [0.05, 0.1) is 25.1 Å². The summed E-state index contributed by atoms with van der Waals surface area (Å²) in [5.41, 5.74) is 5.24. The number of rotatable bonds is 6. The topological polar surface area (TPSA) is 36.3 Å². The average molecular weight is 525 g/mol. The fourth-order valence-electron chi connectivity index (χ4n) is 4.31. The molecule has 0 N–H and O–H groups in total. The van der Waals surface area contributed by atoms with Crippen molar-refractivity contribution in [2.75, 3.05) is 13.7 Å². The summed E-state index contributed by atoms with van der Waals surface area (Å²) in [6.07, 6.45) is -0.445. The molecule has 4 nitrogen and oxygen atoms in total. The molecule has 0 spiro atoms. The Morgan fingerprint density at radius 1 is 1.17 bits per heavy atom. The molecule has 2 heterocycles. The molecule has 0 aliphatic carbocycles. The van der Waals surface area contributed by atoms with Gasteiger partial charge in [0, 0.05) is 22.0 Å². The normalized spacial score (nSPS) is 15.1. The van der Waals surface area contributed by atoms with Crippen LogP contribution in [0, 0.1) is 18.6 Å². The Morgan fingerprint density at radius 3 is 2.64 bits per heavy atom. The molecule has 3 aromatic carbocycles. The number of imidazole rings is 1. The second kappa shape index (κ2) is 10.1. The molecule has 0 radical (unpaired) electrons. The minimum atomic E-state index is -0.445. The zero-order valence-corrected chi connectivity index (χ0v) is 21.3. The van der Waals surface area contributed by atoms with Crippen molar-refractivity contribution in [2.45, 2.75) is 23.9 Å². The molecule has 36 heavy (non-hydrogen) atoms. The molecule has 0 amide bonds. The first-order chi connectivity index (χ1) is 17.4. The molecular formula is C28H23ClF2N2O2S. The Labute approximate surface area is 217 Å². The zero-order chi connectivity index (χ0) is 25.4. The lowest BCUT2D eigenvalue weighted by atomic mass is 9.97. The predicted molar refractivity (Wildman–Crippen MR) is 139 cm³/mol. The molecule has 1 aliphatic heterocycles. The van der Waals surface area contributed by atoms with Crippen molar-refractivity contribution in [1.29, 1.82) is 0 Å². The quantitative estimate of drug-likeness (QED) is 0.244. The van der Waals surface area contributed by atoms with Gasteiger partial charge >= 0.3 is 0 Å². The van der Waals surface area contributed by atoms with Gasteiger partial charge in [0.1, 0.15) is 23.5 Å². The van der Waals surface area contributed by atoms with E-state index in [4.69, 9.17) is 26.1 Å². The third-order valence-corrected chi connectivity index (χ3v) is 7.42. The number of benzene rings is 3. The Kier molecular flexibility index (Phi) is 6.88. The number of ether oxygens (including phenoxy) is 2. The molecule has 1 unspecified atom stereocenters. The second-order valence-corrected chi connectivity index (χ2v) is 9.80. The van der Waals surface area contributed by atoms with Crippen molar-refractivity contribution in [1.82, 2.24) is 9.55 Å². The lowest BCUT2D eigenvalue weighted by Gasteiger charge is -2.27. The van der Waals surface area contributed by atoms with E-state index in [0.717, 1.165) is 28.1 Å². The van der Waals surface area contributed by atoms with Gasteiger partial charge in [0.2, 0.25) is 0 Å². The van der Waals surface area contributed by atoms with Gasteiger partial charge in [-0.15, -0.1) is 0 Å². The van der Waals surface area contributed by atoms with Crippen LogP contribution < -0.4 is 4.74 Å². The molecule has 1 aliphatic rings. The van der Waals surface area contributed by atoms with Gasteiger partial charge in [-0.05, 0) is 72.2 Å². The maximum Gasteiger partial charge on any atom is 0.173 e. The number of halogens is 3. The third kappa shape index (κ3) is 4.54. The van der Waals surface area contributed by atoms with Gasteiger partial charge < -0.3 is 9.47 Å². The molecule has 4 aromatic rings. The Morgan fingerprint density at radius 2 is 1.94 bits per heavy atom.